The molecule has 7 heteroatoms. The van der Waals surface area contributed by atoms with Crippen LogP contribution in [0.5, 0.6) is 0 Å². The molecule has 0 saturated carbocycles. The van der Waals surface area contributed by atoms with Crippen LogP contribution in [0.1, 0.15) is 6.92 Å². The topological polar surface area (TPSA) is 61.9 Å². The van der Waals surface area contributed by atoms with Crippen LogP contribution in [0.4, 0.5) is 4.79 Å². The number of carbonyl (C=O) groups is 2. The highest BCUT2D eigenvalue weighted by Gasteiger charge is 2.22. The number of carbonyl (C=O) groups excluding carboxylic acids is 2. The molecule has 1 aliphatic rings. The molecular formula is C17H25N3O3S. The van der Waals surface area contributed by atoms with Crippen LogP contribution in [0.25, 0.3) is 0 Å². The standard InChI is InChI=1S/C17H25N3O3S/c1-2-23-17(22)20-11-9-19(10-12-20)14-16(21)18-8-13-24-15-6-4-3-5-7-15/h3-7H,2,8-14H2,1H3,(H,18,21). The number of thioether (sulfide) groups is 1. The molecule has 1 saturated heterocycles. The predicted molar refractivity (Wildman–Crippen MR) is 95.2 cm³/mol. The average molecular weight is 351 g/mol. The van der Waals surface area contributed by atoms with Crippen LogP contribution >= 0.6 is 11.8 Å². The molecule has 1 aromatic carbocycles. The number of hydrogen-bond donors (Lipinski definition) is 1. The zero-order chi connectivity index (χ0) is 17.2. The minimum Gasteiger partial charge on any atom is -0.450 e. The second-order valence-corrected chi connectivity index (χ2v) is 6.64. The molecule has 0 spiro atoms. The number of piperazine rings is 1. The van der Waals surface area contributed by atoms with E-state index in [-0.39, 0.29) is 12.0 Å². The molecule has 6 nitrogen and oxygen atoms in total. The highest BCUT2D eigenvalue weighted by Crippen LogP contribution is 2.15. The molecule has 1 aliphatic heterocycles. The molecule has 1 N–H and O–H groups in total. The molecule has 0 bridgehead atoms. The van der Waals surface area contributed by atoms with Gasteiger partial charge in [0.2, 0.25) is 5.91 Å². The minimum atomic E-state index is -0.264. The summed E-state index contributed by atoms with van der Waals surface area (Å²) in [5.74, 6) is 0.889. The van der Waals surface area contributed by atoms with E-state index in [1.54, 1.807) is 23.6 Å². The Morgan fingerprint density at radius 1 is 1.17 bits per heavy atom. The van der Waals surface area contributed by atoms with Crippen molar-refractivity contribution in [2.45, 2.75) is 11.8 Å². The Hall–Kier alpha value is -1.73. The molecule has 0 atom stereocenters. The summed E-state index contributed by atoms with van der Waals surface area (Å²) < 4.78 is 4.99. The average Bonchev–Trinajstić information content (AvgIpc) is 2.60. The molecule has 0 unspecified atom stereocenters. The smallest absolute Gasteiger partial charge is 0.409 e. The molecule has 0 aliphatic carbocycles. The SMILES string of the molecule is CCOC(=O)N1CCN(CC(=O)NCCSc2ccccc2)CC1. The summed E-state index contributed by atoms with van der Waals surface area (Å²) in [4.78, 5) is 28.6. The van der Waals surface area contributed by atoms with Crippen molar-refractivity contribution in [3.8, 4) is 0 Å². The van der Waals surface area contributed by atoms with Crippen molar-refractivity contribution in [1.82, 2.24) is 15.1 Å². The fourth-order valence-corrected chi connectivity index (χ4v) is 3.23. The van der Waals surface area contributed by atoms with Crippen LogP contribution in [0.2, 0.25) is 0 Å². The Labute approximate surface area is 147 Å². The van der Waals surface area contributed by atoms with Gasteiger partial charge in [-0.15, -0.1) is 11.8 Å². The van der Waals surface area contributed by atoms with Gasteiger partial charge < -0.3 is 15.0 Å². The van der Waals surface area contributed by atoms with E-state index < -0.39 is 0 Å². The number of rotatable bonds is 7. The van der Waals surface area contributed by atoms with Gasteiger partial charge >= 0.3 is 6.09 Å². The van der Waals surface area contributed by atoms with Gasteiger partial charge in [-0.25, -0.2) is 4.79 Å². The van der Waals surface area contributed by atoms with Crippen LogP contribution in [0.3, 0.4) is 0 Å². The fourth-order valence-electron chi connectivity index (χ4n) is 2.44. The Bertz CT molecular complexity index is 519. The molecule has 0 aromatic heterocycles. The third-order valence-electron chi connectivity index (χ3n) is 3.70. The van der Waals surface area contributed by atoms with E-state index in [0.29, 0.717) is 45.9 Å². The number of amides is 2. The minimum absolute atomic E-state index is 0.0354. The number of nitrogens with one attached hydrogen (secondary N) is 1. The molecule has 2 amide bonds. The van der Waals surface area contributed by atoms with E-state index in [1.165, 1.54) is 4.90 Å². The quantitative estimate of drug-likeness (QED) is 0.598. The lowest BCUT2D eigenvalue weighted by Crippen LogP contribution is -2.51. The lowest BCUT2D eigenvalue weighted by Gasteiger charge is -2.33. The summed E-state index contributed by atoms with van der Waals surface area (Å²) in [5.41, 5.74) is 0. The summed E-state index contributed by atoms with van der Waals surface area (Å²) in [6.07, 6.45) is -0.264. The van der Waals surface area contributed by atoms with Gasteiger partial charge in [0.25, 0.3) is 0 Å². The summed E-state index contributed by atoms with van der Waals surface area (Å²) >= 11 is 1.73. The maximum absolute atomic E-state index is 12.0. The van der Waals surface area contributed by atoms with Crippen molar-refractivity contribution in [2.24, 2.45) is 0 Å². The Balaban J connectivity index is 1.57. The van der Waals surface area contributed by atoms with Crippen LogP contribution in [-0.2, 0) is 9.53 Å². The number of hydrogen-bond acceptors (Lipinski definition) is 5. The van der Waals surface area contributed by atoms with E-state index in [1.807, 2.05) is 18.2 Å². The molecular weight excluding hydrogens is 326 g/mol. The molecule has 132 valence electrons. The summed E-state index contributed by atoms with van der Waals surface area (Å²) in [5, 5.41) is 2.95. The van der Waals surface area contributed by atoms with Crippen molar-refractivity contribution >= 4 is 23.8 Å². The zero-order valence-electron chi connectivity index (χ0n) is 14.1. The van der Waals surface area contributed by atoms with Gasteiger partial charge in [0, 0.05) is 43.4 Å². The number of benzene rings is 1. The van der Waals surface area contributed by atoms with Crippen LogP contribution in [-0.4, -0.2) is 73.4 Å². The first-order valence-electron chi connectivity index (χ1n) is 8.27. The molecule has 1 fully saturated rings. The third kappa shape index (κ3) is 6.41. The highest BCUT2D eigenvalue weighted by molar-refractivity contribution is 7.99. The lowest BCUT2D eigenvalue weighted by atomic mass is 10.3. The number of nitrogens with zero attached hydrogens (tertiary/aromatic N) is 2. The van der Waals surface area contributed by atoms with Crippen molar-refractivity contribution < 1.29 is 14.3 Å². The maximum Gasteiger partial charge on any atom is 0.409 e. The van der Waals surface area contributed by atoms with Gasteiger partial charge in [-0.2, -0.15) is 0 Å². The van der Waals surface area contributed by atoms with Crippen molar-refractivity contribution in [3.05, 3.63) is 30.3 Å². The molecule has 2 rings (SSSR count). The van der Waals surface area contributed by atoms with E-state index in [2.05, 4.69) is 22.3 Å². The summed E-state index contributed by atoms with van der Waals surface area (Å²) in [6.45, 7) is 5.84. The number of ether oxygens (including phenoxy) is 1. The Morgan fingerprint density at radius 3 is 2.54 bits per heavy atom. The van der Waals surface area contributed by atoms with E-state index >= 15 is 0 Å². The van der Waals surface area contributed by atoms with Gasteiger partial charge in [0.1, 0.15) is 0 Å². The fraction of sp³-hybridized carbons (Fsp3) is 0.529. The molecule has 0 radical (unpaired) electrons. The van der Waals surface area contributed by atoms with Gasteiger partial charge in [-0.05, 0) is 19.1 Å². The Morgan fingerprint density at radius 2 is 1.88 bits per heavy atom. The molecule has 24 heavy (non-hydrogen) atoms. The lowest BCUT2D eigenvalue weighted by molar-refractivity contribution is -0.122. The normalized spacial score (nSPS) is 15.1. The maximum atomic E-state index is 12.0. The summed E-state index contributed by atoms with van der Waals surface area (Å²) in [7, 11) is 0. The van der Waals surface area contributed by atoms with Gasteiger partial charge in [-0.3, -0.25) is 9.69 Å². The highest BCUT2D eigenvalue weighted by atomic mass is 32.2. The predicted octanol–water partition coefficient (Wildman–Crippen LogP) is 1.67. The van der Waals surface area contributed by atoms with Crippen molar-refractivity contribution in [2.75, 3.05) is 51.6 Å². The van der Waals surface area contributed by atoms with E-state index in [0.717, 1.165) is 5.75 Å². The Kier molecular flexibility index (Phi) is 7.91. The molecule has 1 aromatic rings. The monoisotopic (exact) mass is 351 g/mol. The second kappa shape index (κ2) is 10.2. The van der Waals surface area contributed by atoms with Crippen LogP contribution in [0, 0.1) is 0 Å². The molecule has 1 heterocycles. The van der Waals surface area contributed by atoms with E-state index in [4.69, 9.17) is 4.74 Å². The first-order chi connectivity index (χ1) is 11.7. The van der Waals surface area contributed by atoms with Crippen LogP contribution in [0.15, 0.2) is 35.2 Å². The van der Waals surface area contributed by atoms with Crippen molar-refractivity contribution in [1.29, 1.82) is 0 Å². The van der Waals surface area contributed by atoms with Crippen LogP contribution < -0.4 is 5.32 Å². The van der Waals surface area contributed by atoms with Gasteiger partial charge in [0.05, 0.1) is 13.2 Å². The van der Waals surface area contributed by atoms with E-state index in [9.17, 15) is 9.59 Å². The first-order valence-corrected chi connectivity index (χ1v) is 9.26. The third-order valence-corrected chi connectivity index (χ3v) is 4.72. The van der Waals surface area contributed by atoms with Crippen molar-refractivity contribution in [3.63, 3.8) is 0 Å². The summed E-state index contributed by atoms with van der Waals surface area (Å²) in [6, 6.07) is 10.1. The first kappa shape index (κ1) is 18.6. The second-order valence-electron chi connectivity index (χ2n) is 5.47. The van der Waals surface area contributed by atoms with Gasteiger partial charge in [0.15, 0.2) is 0 Å². The van der Waals surface area contributed by atoms with Gasteiger partial charge in [-0.1, -0.05) is 18.2 Å². The zero-order valence-corrected chi connectivity index (χ0v) is 14.9. The largest absolute Gasteiger partial charge is 0.450 e.